The molecule has 0 fully saturated rings. The first-order valence-electron chi connectivity index (χ1n) is 0. The Morgan fingerprint density at radius 3 is 0.750 bits per heavy atom. The number of hydrogen-bond donors (Lipinski definition) is 0. The molecule has 0 N–H and O–H groups in total. The maximum Gasteiger partial charge on any atom is 0 e. The second kappa shape index (κ2) is 16.7. The van der Waals surface area contributed by atoms with Crippen LogP contribution in [0, 0.1) is 0 Å². The first kappa shape index (κ1) is 28.1. The average molecular weight is 445 g/mol. The van der Waals surface area contributed by atoms with E-state index in [1.54, 1.807) is 0 Å². The van der Waals surface area contributed by atoms with Gasteiger partial charge in [0.1, 0.15) is 0 Å². The van der Waals surface area contributed by atoms with E-state index in [1.165, 1.54) is 0 Å². The van der Waals surface area contributed by atoms with Crippen molar-refractivity contribution in [3.63, 3.8) is 0 Å². The standard InChI is InChI=1S/3Sb.Se.H. The van der Waals surface area contributed by atoms with Crippen molar-refractivity contribution in [2.45, 2.75) is 0 Å². The predicted octanol–water partition coefficient (Wildman–Crippen LogP) is -1.79. The van der Waals surface area contributed by atoms with E-state index in [0.29, 0.717) is 0 Å². The molecule has 0 aliphatic rings. The second-order valence-electron chi connectivity index (χ2n) is 0. The van der Waals surface area contributed by atoms with Gasteiger partial charge in [0.05, 0.1) is 0 Å². The summed E-state index contributed by atoms with van der Waals surface area (Å²) in [6.07, 6.45) is 0. The van der Waals surface area contributed by atoms with E-state index in [9.17, 15) is 0 Å². The summed E-state index contributed by atoms with van der Waals surface area (Å²) in [6.45, 7) is 0. The van der Waals surface area contributed by atoms with E-state index >= 15 is 0 Å². The molecule has 0 amide bonds. The minimum atomic E-state index is 0. The Balaban J connectivity index is 0. The smallest absolute Gasteiger partial charge is 0 e. The minimum absolute atomic E-state index is 0. The SMILES string of the molecule is [SbH].[Sb].[Sb].[Se]. The van der Waals surface area contributed by atoms with E-state index in [-0.39, 0.29) is 90.4 Å². The quantitative estimate of drug-likeness (QED) is 0.387. The molecule has 0 nitrogen and oxygen atoms in total. The Labute approximate surface area is 88.7 Å². The molecule has 0 saturated carbocycles. The zero-order chi connectivity index (χ0) is 0. The molecule has 0 atom stereocenters. The van der Waals surface area contributed by atoms with Gasteiger partial charge in [-0.15, -0.1) is 0 Å². The fraction of sp³-hybridized carbons (Fsp3) is 0. The van der Waals surface area contributed by atoms with Gasteiger partial charge >= 0.3 is 24.4 Å². The van der Waals surface area contributed by atoms with Gasteiger partial charge in [0, 0.05) is 65.9 Å². The van der Waals surface area contributed by atoms with Gasteiger partial charge in [0.15, 0.2) is 0 Å². The van der Waals surface area contributed by atoms with Crippen molar-refractivity contribution < 1.29 is 0 Å². The second-order valence-corrected chi connectivity index (χ2v) is 0. The third-order valence-electron chi connectivity index (χ3n) is 0. The van der Waals surface area contributed by atoms with Crippen LogP contribution in [0.4, 0.5) is 0 Å². The van der Waals surface area contributed by atoms with Crippen LogP contribution in [0.1, 0.15) is 0 Å². The van der Waals surface area contributed by atoms with Crippen LogP contribution in [0.5, 0.6) is 0 Å². The maximum absolute atomic E-state index is 0. The fourth-order valence-electron chi connectivity index (χ4n) is 0. The summed E-state index contributed by atoms with van der Waals surface area (Å²) in [5, 5.41) is 0. The van der Waals surface area contributed by atoms with Gasteiger partial charge in [-0.2, -0.15) is 0 Å². The van der Waals surface area contributed by atoms with E-state index in [2.05, 4.69) is 0 Å². The van der Waals surface area contributed by atoms with Crippen LogP contribution < -0.4 is 0 Å². The average Bonchev–Trinajstić information content (AvgIpc) is 0. The first-order valence-corrected chi connectivity index (χ1v) is 0. The van der Waals surface area contributed by atoms with E-state index < -0.39 is 0 Å². The molecule has 0 rings (SSSR count). The molecule has 0 bridgehead atoms. The Kier molecular flexibility index (Phi) is 118. The molecule has 10 radical (unpaired) electrons. The zero-order valence-electron chi connectivity index (χ0n) is 1.80. The summed E-state index contributed by atoms with van der Waals surface area (Å²) in [7, 11) is 0. The summed E-state index contributed by atoms with van der Waals surface area (Å²) in [5.74, 6) is 0. The number of hydrogen-bond acceptors (Lipinski definition) is 0. The molecular weight excluding hydrogens is 444 g/mol. The van der Waals surface area contributed by atoms with E-state index in [1.807, 2.05) is 0 Å². The fourth-order valence-corrected chi connectivity index (χ4v) is 0. The van der Waals surface area contributed by atoms with Crippen LogP contribution >= 0.6 is 0 Å². The molecule has 4 heavy (non-hydrogen) atoms. The van der Waals surface area contributed by atoms with E-state index in [0.717, 1.165) is 0 Å². The summed E-state index contributed by atoms with van der Waals surface area (Å²) in [5.41, 5.74) is 0. The Morgan fingerprint density at radius 2 is 0.750 bits per heavy atom. The van der Waals surface area contributed by atoms with Gasteiger partial charge in [0.25, 0.3) is 0 Å². The van der Waals surface area contributed by atoms with Crippen molar-refractivity contribution in [1.29, 1.82) is 0 Å². The molecule has 0 spiro atoms. The molecule has 0 saturated heterocycles. The Morgan fingerprint density at radius 1 is 0.750 bits per heavy atom. The molecule has 4 heteroatoms. The molecule has 0 aliphatic carbocycles. The van der Waals surface area contributed by atoms with Gasteiger partial charge in [-0.25, -0.2) is 0 Å². The molecule has 22 valence electrons. The van der Waals surface area contributed by atoms with Crippen LogP contribution in [0.2, 0.25) is 0 Å². The van der Waals surface area contributed by atoms with Crippen LogP contribution in [0.15, 0.2) is 0 Å². The molecule has 0 aromatic carbocycles. The minimum Gasteiger partial charge on any atom is 0 e. The molecule has 0 heterocycles. The molecular formula is HSb3Se. The molecule has 0 aromatic heterocycles. The normalized spacial score (nSPS) is 0. The van der Waals surface area contributed by atoms with Crippen molar-refractivity contribution in [2.24, 2.45) is 0 Å². The van der Waals surface area contributed by atoms with Crippen molar-refractivity contribution >= 4 is 90.4 Å². The van der Waals surface area contributed by atoms with Crippen molar-refractivity contribution in [1.82, 2.24) is 0 Å². The van der Waals surface area contributed by atoms with Crippen molar-refractivity contribution in [2.75, 3.05) is 0 Å². The van der Waals surface area contributed by atoms with Gasteiger partial charge in [-0.1, -0.05) is 0 Å². The zero-order valence-corrected chi connectivity index (χ0v) is 11.5. The molecule has 0 aliphatic heterocycles. The summed E-state index contributed by atoms with van der Waals surface area (Å²) in [6, 6.07) is 0. The summed E-state index contributed by atoms with van der Waals surface area (Å²) in [4.78, 5) is 0. The Hall–Kier alpha value is 2.97. The van der Waals surface area contributed by atoms with Crippen molar-refractivity contribution in [3.05, 3.63) is 0 Å². The van der Waals surface area contributed by atoms with Crippen LogP contribution in [-0.4, -0.2) is 90.4 Å². The summed E-state index contributed by atoms with van der Waals surface area (Å²) < 4.78 is 0. The van der Waals surface area contributed by atoms with Gasteiger partial charge in [-0.05, 0) is 0 Å². The third-order valence-corrected chi connectivity index (χ3v) is 0. The van der Waals surface area contributed by atoms with Gasteiger partial charge in [-0.3, -0.25) is 0 Å². The maximum atomic E-state index is 0. The van der Waals surface area contributed by atoms with Gasteiger partial charge in [0.2, 0.25) is 0 Å². The van der Waals surface area contributed by atoms with Crippen LogP contribution in [0.25, 0.3) is 0 Å². The molecule has 0 unspecified atom stereocenters. The third kappa shape index (κ3) is 8.88. The monoisotopic (exact) mass is 444 g/mol. The topological polar surface area (TPSA) is 0 Å². The predicted molar refractivity (Wildman–Crippen MR) is 24.4 cm³/mol. The number of rotatable bonds is 0. The largest absolute Gasteiger partial charge is 0 e. The van der Waals surface area contributed by atoms with E-state index in [4.69, 9.17) is 0 Å². The molecule has 0 aromatic rings. The van der Waals surface area contributed by atoms with Crippen molar-refractivity contribution in [3.8, 4) is 0 Å². The van der Waals surface area contributed by atoms with Crippen LogP contribution in [0.3, 0.4) is 0 Å². The first-order chi connectivity index (χ1) is 0. The van der Waals surface area contributed by atoms with Crippen LogP contribution in [-0.2, 0) is 0 Å². The summed E-state index contributed by atoms with van der Waals surface area (Å²) >= 11 is 0. The Bertz CT molecular complexity index is 3.25. The van der Waals surface area contributed by atoms with Gasteiger partial charge < -0.3 is 0 Å².